The summed E-state index contributed by atoms with van der Waals surface area (Å²) in [6.45, 7) is 8.96. The number of carbonyl (C=O) groups is 3. The van der Waals surface area contributed by atoms with Crippen LogP contribution in [0, 0.1) is 0 Å². The van der Waals surface area contributed by atoms with Gasteiger partial charge in [0, 0.05) is 62.3 Å². The zero-order valence-corrected chi connectivity index (χ0v) is 18.9. The molecule has 0 bridgehead atoms. The second-order valence-corrected chi connectivity index (χ2v) is 8.00. The highest BCUT2D eigenvalue weighted by Crippen LogP contribution is 2.10. The molecule has 1 aromatic rings. The van der Waals surface area contributed by atoms with Gasteiger partial charge in [-0.25, -0.2) is 0 Å². The van der Waals surface area contributed by atoms with E-state index in [1.807, 2.05) is 35.8 Å². The second kappa shape index (κ2) is 11.9. The molecule has 0 saturated carbocycles. The Bertz CT molecular complexity index is 692. The highest BCUT2D eigenvalue weighted by molar-refractivity contribution is 9.10. The van der Waals surface area contributed by atoms with E-state index in [0.29, 0.717) is 38.3 Å². The van der Waals surface area contributed by atoms with Crippen LogP contribution in [-0.2, 0) is 9.59 Å². The van der Waals surface area contributed by atoms with Gasteiger partial charge in [0.2, 0.25) is 11.8 Å². The Morgan fingerprint density at radius 2 is 1.72 bits per heavy atom. The lowest BCUT2D eigenvalue weighted by Gasteiger charge is -2.25. The van der Waals surface area contributed by atoms with Gasteiger partial charge in [-0.2, -0.15) is 0 Å². The van der Waals surface area contributed by atoms with Crippen molar-refractivity contribution < 1.29 is 14.4 Å². The number of carbonyl (C=O) groups excluding carboxylic acids is 3. The van der Waals surface area contributed by atoms with Crippen LogP contribution in [0.15, 0.2) is 28.7 Å². The van der Waals surface area contributed by atoms with E-state index in [4.69, 9.17) is 0 Å². The highest BCUT2D eigenvalue weighted by atomic mass is 79.9. The fourth-order valence-corrected chi connectivity index (χ4v) is 3.65. The Hall–Kier alpha value is -1.93. The molecule has 0 unspecified atom stereocenters. The number of rotatable bonds is 8. The van der Waals surface area contributed by atoms with E-state index < -0.39 is 0 Å². The summed E-state index contributed by atoms with van der Waals surface area (Å²) in [7, 11) is 0. The number of halogens is 1. The van der Waals surface area contributed by atoms with E-state index in [0.717, 1.165) is 30.5 Å². The lowest BCUT2D eigenvalue weighted by Crippen LogP contribution is -2.42. The van der Waals surface area contributed by atoms with Crippen molar-refractivity contribution in [3.63, 3.8) is 0 Å². The lowest BCUT2D eigenvalue weighted by atomic mass is 10.2. The van der Waals surface area contributed by atoms with Crippen molar-refractivity contribution in [1.82, 2.24) is 20.0 Å². The number of hydrogen-bond acceptors (Lipinski definition) is 4. The molecule has 3 amide bonds. The summed E-state index contributed by atoms with van der Waals surface area (Å²) in [4.78, 5) is 42.8. The molecule has 0 aromatic heterocycles. The molecule has 2 rings (SSSR count). The number of benzene rings is 1. The summed E-state index contributed by atoms with van der Waals surface area (Å²) < 4.78 is 0.915. The number of amides is 3. The van der Waals surface area contributed by atoms with E-state index in [9.17, 15) is 14.4 Å². The van der Waals surface area contributed by atoms with Gasteiger partial charge < -0.3 is 15.1 Å². The minimum Gasteiger partial charge on any atom is -0.352 e. The maximum atomic E-state index is 12.5. The molecule has 160 valence electrons. The quantitative estimate of drug-likeness (QED) is 0.635. The van der Waals surface area contributed by atoms with Crippen molar-refractivity contribution in [3.8, 4) is 0 Å². The molecule has 1 saturated heterocycles. The molecular formula is C21H31BrN4O3. The molecular weight excluding hydrogens is 436 g/mol. The lowest BCUT2D eigenvalue weighted by molar-refractivity contribution is -0.132. The van der Waals surface area contributed by atoms with Gasteiger partial charge in [-0.15, -0.1) is 0 Å². The molecule has 7 nitrogen and oxygen atoms in total. The maximum absolute atomic E-state index is 12.5. The Morgan fingerprint density at radius 1 is 1.03 bits per heavy atom. The zero-order valence-electron chi connectivity index (χ0n) is 17.3. The molecule has 29 heavy (non-hydrogen) atoms. The first-order valence-electron chi connectivity index (χ1n) is 10.3. The van der Waals surface area contributed by atoms with Crippen molar-refractivity contribution in [2.75, 3.05) is 52.4 Å². The SMILES string of the molecule is CCN(CC)C(=O)CN1CCCN(C(=O)CCNC(=O)c2ccc(Br)cc2)CC1. The van der Waals surface area contributed by atoms with Gasteiger partial charge in [0.05, 0.1) is 6.54 Å². The molecule has 0 aliphatic carbocycles. The molecule has 1 aliphatic rings. The van der Waals surface area contributed by atoms with Crippen molar-refractivity contribution in [2.24, 2.45) is 0 Å². The van der Waals surface area contributed by atoms with Crippen molar-refractivity contribution in [1.29, 1.82) is 0 Å². The molecule has 1 aliphatic heterocycles. The third-order valence-corrected chi connectivity index (χ3v) is 5.68. The third-order valence-electron chi connectivity index (χ3n) is 5.15. The van der Waals surface area contributed by atoms with Gasteiger partial charge >= 0.3 is 0 Å². The van der Waals surface area contributed by atoms with Gasteiger partial charge in [-0.1, -0.05) is 15.9 Å². The molecule has 1 aromatic carbocycles. The standard InChI is InChI=1S/C21H31BrN4O3/c1-3-25(4-2)20(28)16-24-12-5-13-26(15-14-24)19(27)10-11-23-21(29)17-6-8-18(22)9-7-17/h6-9H,3-5,10-16H2,1-2H3,(H,23,29). The largest absolute Gasteiger partial charge is 0.352 e. The number of hydrogen-bond donors (Lipinski definition) is 1. The average Bonchev–Trinajstić information content (AvgIpc) is 2.95. The topological polar surface area (TPSA) is 73.0 Å². The van der Waals surface area contributed by atoms with Crippen molar-refractivity contribution in [3.05, 3.63) is 34.3 Å². The Labute approximate surface area is 181 Å². The van der Waals surface area contributed by atoms with Crippen molar-refractivity contribution in [2.45, 2.75) is 26.7 Å². The van der Waals surface area contributed by atoms with E-state index in [1.165, 1.54) is 0 Å². The van der Waals surface area contributed by atoms with Crippen LogP contribution in [0.2, 0.25) is 0 Å². The van der Waals surface area contributed by atoms with E-state index in [-0.39, 0.29) is 24.1 Å². The molecule has 1 N–H and O–H groups in total. The molecule has 1 heterocycles. The Balaban J connectivity index is 1.74. The van der Waals surface area contributed by atoms with E-state index in [2.05, 4.69) is 26.1 Å². The van der Waals surface area contributed by atoms with Crippen LogP contribution in [-0.4, -0.2) is 84.8 Å². The smallest absolute Gasteiger partial charge is 0.251 e. The summed E-state index contributed by atoms with van der Waals surface area (Å²) in [6, 6.07) is 7.11. The Morgan fingerprint density at radius 3 is 2.38 bits per heavy atom. The predicted octanol–water partition coefficient (Wildman–Crippen LogP) is 1.97. The molecule has 0 radical (unpaired) electrons. The van der Waals surface area contributed by atoms with Gasteiger partial charge in [-0.05, 0) is 44.5 Å². The number of nitrogens with zero attached hydrogens (tertiary/aromatic N) is 3. The summed E-state index contributed by atoms with van der Waals surface area (Å²) in [5.74, 6) is 0.00529. The molecule has 0 atom stereocenters. The van der Waals surface area contributed by atoms with Crippen molar-refractivity contribution >= 4 is 33.7 Å². The maximum Gasteiger partial charge on any atom is 0.251 e. The number of likely N-dealkylation sites (N-methyl/N-ethyl adjacent to an activating group) is 1. The average molecular weight is 467 g/mol. The predicted molar refractivity (Wildman–Crippen MR) is 117 cm³/mol. The number of nitrogens with one attached hydrogen (secondary N) is 1. The minimum absolute atomic E-state index is 0.0398. The zero-order chi connectivity index (χ0) is 21.2. The summed E-state index contributed by atoms with van der Waals surface area (Å²) in [5, 5.41) is 2.80. The van der Waals surface area contributed by atoms with Crippen LogP contribution in [0.3, 0.4) is 0 Å². The first kappa shape index (κ1) is 23.3. The van der Waals surface area contributed by atoms with E-state index >= 15 is 0 Å². The van der Waals surface area contributed by atoms with Crippen LogP contribution in [0.1, 0.15) is 37.0 Å². The fraction of sp³-hybridized carbons (Fsp3) is 0.571. The second-order valence-electron chi connectivity index (χ2n) is 7.09. The van der Waals surface area contributed by atoms with Crippen LogP contribution in [0.4, 0.5) is 0 Å². The highest BCUT2D eigenvalue weighted by Gasteiger charge is 2.21. The van der Waals surface area contributed by atoms with E-state index in [1.54, 1.807) is 12.1 Å². The first-order valence-corrected chi connectivity index (χ1v) is 11.1. The summed E-state index contributed by atoms with van der Waals surface area (Å²) >= 11 is 3.34. The van der Waals surface area contributed by atoms with Crippen LogP contribution >= 0.6 is 15.9 Å². The third kappa shape index (κ3) is 7.44. The molecule has 8 heteroatoms. The Kier molecular flexibility index (Phi) is 9.60. The van der Waals surface area contributed by atoms with Gasteiger partial charge in [0.1, 0.15) is 0 Å². The van der Waals surface area contributed by atoms with Gasteiger partial charge in [-0.3, -0.25) is 19.3 Å². The molecule has 0 spiro atoms. The van der Waals surface area contributed by atoms with Gasteiger partial charge in [0.25, 0.3) is 5.91 Å². The van der Waals surface area contributed by atoms with Gasteiger partial charge in [0.15, 0.2) is 0 Å². The summed E-state index contributed by atoms with van der Waals surface area (Å²) in [5.41, 5.74) is 0.573. The van der Waals surface area contributed by atoms with Crippen LogP contribution in [0.5, 0.6) is 0 Å². The minimum atomic E-state index is -0.178. The molecule has 1 fully saturated rings. The monoisotopic (exact) mass is 466 g/mol. The first-order chi connectivity index (χ1) is 13.9. The van der Waals surface area contributed by atoms with Crippen LogP contribution in [0.25, 0.3) is 0 Å². The normalized spacial score (nSPS) is 14.9. The fourth-order valence-electron chi connectivity index (χ4n) is 3.39. The summed E-state index contributed by atoms with van der Waals surface area (Å²) in [6.07, 6.45) is 1.13. The van der Waals surface area contributed by atoms with Crippen LogP contribution < -0.4 is 5.32 Å².